The maximum absolute atomic E-state index is 11.6. The maximum Gasteiger partial charge on any atom is 0.303 e. The lowest BCUT2D eigenvalue weighted by atomic mass is 10.0. The van der Waals surface area contributed by atoms with Gasteiger partial charge in [0.2, 0.25) is 10.0 Å². The van der Waals surface area contributed by atoms with Gasteiger partial charge in [-0.15, -0.1) is 0 Å². The molecule has 8 heteroatoms. The zero-order valence-corrected chi connectivity index (χ0v) is 11.2. The van der Waals surface area contributed by atoms with Crippen molar-refractivity contribution in [2.24, 2.45) is 0 Å². The molecule has 7 nitrogen and oxygen atoms in total. The number of hydrogen-bond acceptors (Lipinski definition) is 5. The van der Waals surface area contributed by atoms with Crippen LogP contribution in [0.25, 0.3) is 0 Å². The van der Waals surface area contributed by atoms with Gasteiger partial charge in [-0.05, 0) is 6.42 Å². The van der Waals surface area contributed by atoms with Crippen molar-refractivity contribution in [2.45, 2.75) is 24.9 Å². The normalized spacial score (nSPS) is 24.3. The van der Waals surface area contributed by atoms with Gasteiger partial charge in [-0.25, -0.2) is 13.1 Å². The van der Waals surface area contributed by atoms with Crippen LogP contribution in [0.1, 0.15) is 19.3 Å². The molecular formula is C10H19NO6S. The summed E-state index contributed by atoms with van der Waals surface area (Å²) >= 11 is 0. The molecule has 1 rings (SSSR count). The number of rotatable bonds is 8. The van der Waals surface area contributed by atoms with Gasteiger partial charge in [-0.3, -0.25) is 4.79 Å². The van der Waals surface area contributed by atoms with Gasteiger partial charge >= 0.3 is 5.97 Å². The second-order valence-electron chi connectivity index (χ2n) is 4.33. The molecular weight excluding hydrogens is 262 g/mol. The summed E-state index contributed by atoms with van der Waals surface area (Å²) in [4.78, 5) is 10.3. The minimum Gasteiger partial charge on any atom is -0.481 e. The van der Waals surface area contributed by atoms with Crippen molar-refractivity contribution >= 4 is 16.0 Å². The van der Waals surface area contributed by atoms with E-state index >= 15 is 0 Å². The summed E-state index contributed by atoms with van der Waals surface area (Å²) in [7, 11) is -1.94. The smallest absolute Gasteiger partial charge is 0.303 e. The first-order valence-electron chi connectivity index (χ1n) is 5.71. The van der Waals surface area contributed by atoms with Crippen LogP contribution in [0, 0.1) is 0 Å². The van der Waals surface area contributed by atoms with Gasteiger partial charge in [0.1, 0.15) is 5.60 Å². The second-order valence-corrected chi connectivity index (χ2v) is 6.25. The Hall–Kier alpha value is -0.700. The summed E-state index contributed by atoms with van der Waals surface area (Å²) in [5.41, 5.74) is -0.597. The monoisotopic (exact) mass is 281 g/mol. The molecule has 2 N–H and O–H groups in total. The first kappa shape index (κ1) is 15.4. The molecule has 1 aliphatic rings. The molecule has 0 aliphatic carbocycles. The topological polar surface area (TPSA) is 102 Å². The van der Waals surface area contributed by atoms with Crippen molar-refractivity contribution < 1.29 is 27.8 Å². The summed E-state index contributed by atoms with van der Waals surface area (Å²) in [6.07, 6.45) is 0.585. The fraction of sp³-hybridized carbons (Fsp3) is 0.900. The van der Waals surface area contributed by atoms with Gasteiger partial charge in [-0.2, -0.15) is 0 Å². The fourth-order valence-corrected chi connectivity index (χ4v) is 2.84. The Morgan fingerprint density at radius 3 is 2.78 bits per heavy atom. The average molecular weight is 281 g/mol. The molecule has 0 spiro atoms. The van der Waals surface area contributed by atoms with Crippen LogP contribution in [0.3, 0.4) is 0 Å². The van der Waals surface area contributed by atoms with E-state index in [0.717, 1.165) is 0 Å². The van der Waals surface area contributed by atoms with Crippen molar-refractivity contribution in [1.82, 2.24) is 4.72 Å². The summed E-state index contributed by atoms with van der Waals surface area (Å²) in [5, 5.41) is 8.44. The zero-order valence-electron chi connectivity index (χ0n) is 10.3. The summed E-state index contributed by atoms with van der Waals surface area (Å²) in [5.74, 6) is -1.19. The van der Waals surface area contributed by atoms with E-state index in [2.05, 4.69) is 4.72 Å². The van der Waals surface area contributed by atoms with E-state index < -0.39 is 21.6 Å². The number of carbonyl (C=O) groups is 1. The lowest BCUT2D eigenvalue weighted by Crippen LogP contribution is -2.45. The Bertz CT molecular complexity index is 374. The highest BCUT2D eigenvalue weighted by molar-refractivity contribution is 7.89. The maximum atomic E-state index is 11.6. The minimum atomic E-state index is -3.46. The molecule has 0 bridgehead atoms. The van der Waals surface area contributed by atoms with Crippen molar-refractivity contribution in [2.75, 3.05) is 32.6 Å². The van der Waals surface area contributed by atoms with Gasteiger partial charge in [0.15, 0.2) is 0 Å². The molecule has 1 heterocycles. The van der Waals surface area contributed by atoms with E-state index in [1.54, 1.807) is 0 Å². The van der Waals surface area contributed by atoms with Crippen molar-refractivity contribution in [3.05, 3.63) is 0 Å². The molecule has 1 saturated heterocycles. The Kier molecular flexibility index (Phi) is 5.51. The number of aliphatic carboxylic acids is 1. The predicted octanol–water partition coefficient (Wildman–Crippen LogP) is -0.424. The Morgan fingerprint density at radius 2 is 2.28 bits per heavy atom. The van der Waals surface area contributed by atoms with E-state index in [1.807, 2.05) is 0 Å². The Morgan fingerprint density at radius 1 is 1.56 bits per heavy atom. The summed E-state index contributed by atoms with van der Waals surface area (Å²) in [6, 6.07) is 0. The number of sulfonamides is 1. The van der Waals surface area contributed by atoms with Crippen LogP contribution in [-0.2, 0) is 24.3 Å². The van der Waals surface area contributed by atoms with E-state index in [4.69, 9.17) is 14.6 Å². The largest absolute Gasteiger partial charge is 0.481 e. The Balaban J connectivity index is 2.38. The quantitative estimate of drug-likeness (QED) is 0.626. The standard InChI is InChI=1S/C10H19NO6S/c1-16-10(4-5-17-8-10)7-11-18(14,15)6-2-3-9(12)13/h11H,2-8H2,1H3,(H,12,13). The van der Waals surface area contributed by atoms with E-state index in [9.17, 15) is 13.2 Å². The third-order valence-electron chi connectivity index (χ3n) is 2.92. The molecule has 0 radical (unpaired) electrons. The van der Waals surface area contributed by atoms with E-state index in [1.165, 1.54) is 7.11 Å². The number of nitrogens with one attached hydrogen (secondary N) is 1. The van der Waals surface area contributed by atoms with Crippen LogP contribution in [0.5, 0.6) is 0 Å². The molecule has 18 heavy (non-hydrogen) atoms. The average Bonchev–Trinajstić information content (AvgIpc) is 2.75. The van der Waals surface area contributed by atoms with Gasteiger partial charge in [0.05, 0.1) is 12.4 Å². The first-order valence-corrected chi connectivity index (χ1v) is 7.36. The number of ether oxygens (including phenoxy) is 2. The molecule has 1 aliphatic heterocycles. The molecule has 0 aromatic carbocycles. The number of carboxylic acid groups (broad SMARTS) is 1. The predicted molar refractivity (Wildman–Crippen MR) is 63.8 cm³/mol. The van der Waals surface area contributed by atoms with Crippen LogP contribution in [-0.4, -0.2) is 57.7 Å². The zero-order chi connectivity index (χ0) is 13.6. The highest BCUT2D eigenvalue weighted by atomic mass is 32.2. The Labute approximate surface area is 107 Å². The summed E-state index contributed by atoms with van der Waals surface area (Å²) in [6.45, 7) is 1.06. The van der Waals surface area contributed by atoms with Gasteiger partial charge in [0, 0.05) is 33.1 Å². The molecule has 106 valence electrons. The van der Waals surface area contributed by atoms with Crippen molar-refractivity contribution in [1.29, 1.82) is 0 Å². The number of carboxylic acids is 1. The molecule has 1 unspecified atom stereocenters. The molecule has 0 aromatic heterocycles. The second kappa shape index (κ2) is 6.46. The van der Waals surface area contributed by atoms with Crippen LogP contribution in [0.15, 0.2) is 0 Å². The molecule has 0 aromatic rings. The van der Waals surface area contributed by atoms with Gasteiger partial charge in [0.25, 0.3) is 0 Å². The molecule has 1 atom stereocenters. The minimum absolute atomic E-state index is 0.0984. The van der Waals surface area contributed by atoms with Crippen molar-refractivity contribution in [3.63, 3.8) is 0 Å². The summed E-state index contributed by atoms with van der Waals surface area (Å²) < 4.78 is 36.2. The van der Waals surface area contributed by atoms with Gasteiger partial charge in [-0.1, -0.05) is 0 Å². The van der Waals surface area contributed by atoms with E-state index in [0.29, 0.717) is 19.6 Å². The van der Waals surface area contributed by atoms with Crippen LogP contribution in [0.2, 0.25) is 0 Å². The van der Waals surface area contributed by atoms with Crippen LogP contribution >= 0.6 is 0 Å². The van der Waals surface area contributed by atoms with Crippen molar-refractivity contribution in [3.8, 4) is 0 Å². The molecule has 1 fully saturated rings. The highest BCUT2D eigenvalue weighted by Crippen LogP contribution is 2.21. The SMILES string of the molecule is COC1(CNS(=O)(=O)CCCC(=O)O)CCOC1. The van der Waals surface area contributed by atoms with Crippen LogP contribution < -0.4 is 4.72 Å². The third kappa shape index (κ3) is 4.89. The number of hydrogen-bond donors (Lipinski definition) is 2. The van der Waals surface area contributed by atoms with E-state index in [-0.39, 0.29) is 25.1 Å². The van der Waals surface area contributed by atoms with Crippen LogP contribution in [0.4, 0.5) is 0 Å². The highest BCUT2D eigenvalue weighted by Gasteiger charge is 2.35. The molecule has 0 saturated carbocycles. The lowest BCUT2D eigenvalue weighted by molar-refractivity contribution is -0.137. The third-order valence-corrected chi connectivity index (χ3v) is 4.33. The molecule has 0 amide bonds. The first-order chi connectivity index (χ1) is 8.39. The lowest BCUT2D eigenvalue weighted by Gasteiger charge is -2.25. The fourth-order valence-electron chi connectivity index (χ4n) is 1.69. The van der Waals surface area contributed by atoms with Gasteiger partial charge < -0.3 is 14.6 Å². The number of methoxy groups -OCH3 is 1.